The fraction of sp³-hybridized carbons (Fsp3) is 0.562. The van der Waals surface area contributed by atoms with Crippen LogP contribution >= 0.6 is 0 Å². The van der Waals surface area contributed by atoms with E-state index in [1.807, 2.05) is 13.8 Å². The molecule has 0 radical (unpaired) electrons. The fourth-order valence-corrected chi connectivity index (χ4v) is 2.69. The number of aryl methyl sites for hydroxylation is 1. The summed E-state index contributed by atoms with van der Waals surface area (Å²) >= 11 is 0. The fourth-order valence-electron chi connectivity index (χ4n) is 2.69. The van der Waals surface area contributed by atoms with E-state index in [-0.39, 0.29) is 23.6 Å². The van der Waals surface area contributed by atoms with Crippen LogP contribution in [-0.4, -0.2) is 43.7 Å². The van der Waals surface area contributed by atoms with Gasteiger partial charge in [-0.05, 0) is 5.92 Å². The first kappa shape index (κ1) is 19.4. The van der Waals surface area contributed by atoms with E-state index in [2.05, 4.69) is 10.3 Å². The lowest BCUT2D eigenvalue weighted by Gasteiger charge is -2.21. The summed E-state index contributed by atoms with van der Waals surface area (Å²) in [6.45, 7) is 3.52. The molecule has 0 saturated carbocycles. The van der Waals surface area contributed by atoms with Crippen LogP contribution in [0.5, 0.6) is 0 Å². The van der Waals surface area contributed by atoms with Gasteiger partial charge < -0.3 is 14.6 Å². The molecule has 1 amide bonds. The maximum atomic E-state index is 12.4. The topological polar surface area (TPSA) is 117 Å². The van der Waals surface area contributed by atoms with E-state index in [4.69, 9.17) is 4.74 Å². The number of fused-ring (bicyclic) bond motifs is 1. The Morgan fingerprint density at radius 2 is 1.92 bits per heavy atom. The van der Waals surface area contributed by atoms with Crippen LogP contribution in [0, 0.1) is 5.92 Å². The van der Waals surface area contributed by atoms with Gasteiger partial charge in [-0.3, -0.25) is 18.7 Å². The van der Waals surface area contributed by atoms with Crippen molar-refractivity contribution in [3.8, 4) is 0 Å². The molecule has 2 rings (SSSR count). The Bertz CT molecular complexity index is 954. The maximum Gasteiger partial charge on any atom is 0.332 e. The lowest BCUT2D eigenvalue weighted by Crippen LogP contribution is -2.46. The molecule has 10 heteroatoms. The number of hydrogen-bond acceptors (Lipinski definition) is 6. The molecule has 0 aliphatic carbocycles. The maximum absolute atomic E-state index is 12.4. The Morgan fingerprint density at radius 1 is 1.27 bits per heavy atom. The Hall–Kier alpha value is -2.91. The SMILES string of the molecule is CCC(C)C(NC(=O)Cn1cnc2c1c(=O)n(C)c(=O)n2C)C(=O)OC. The summed E-state index contributed by atoms with van der Waals surface area (Å²) in [7, 11) is 4.12. The highest BCUT2D eigenvalue weighted by Gasteiger charge is 2.27. The van der Waals surface area contributed by atoms with Crippen LogP contribution in [0.25, 0.3) is 11.2 Å². The van der Waals surface area contributed by atoms with Crippen molar-refractivity contribution in [3.05, 3.63) is 27.2 Å². The van der Waals surface area contributed by atoms with Gasteiger partial charge in [-0.25, -0.2) is 14.6 Å². The van der Waals surface area contributed by atoms with E-state index < -0.39 is 29.2 Å². The molecule has 0 aliphatic rings. The van der Waals surface area contributed by atoms with Gasteiger partial charge in [0.05, 0.1) is 13.4 Å². The molecule has 2 atom stereocenters. The van der Waals surface area contributed by atoms with Gasteiger partial charge in [-0.2, -0.15) is 0 Å². The minimum absolute atomic E-state index is 0.111. The van der Waals surface area contributed by atoms with Crippen LogP contribution < -0.4 is 16.6 Å². The van der Waals surface area contributed by atoms with Crippen molar-refractivity contribution in [2.75, 3.05) is 7.11 Å². The number of methoxy groups -OCH3 is 1. The second-order valence-electron chi connectivity index (χ2n) is 6.20. The summed E-state index contributed by atoms with van der Waals surface area (Å²) in [5, 5.41) is 2.64. The number of aromatic nitrogens is 4. The Labute approximate surface area is 149 Å². The highest BCUT2D eigenvalue weighted by atomic mass is 16.5. The van der Waals surface area contributed by atoms with Gasteiger partial charge >= 0.3 is 11.7 Å². The van der Waals surface area contributed by atoms with Crippen molar-refractivity contribution in [1.29, 1.82) is 0 Å². The third kappa shape index (κ3) is 3.39. The molecule has 2 aromatic rings. The molecule has 0 aliphatic heterocycles. The van der Waals surface area contributed by atoms with Crippen LogP contribution in [0.1, 0.15) is 20.3 Å². The van der Waals surface area contributed by atoms with Gasteiger partial charge in [-0.1, -0.05) is 20.3 Å². The minimum Gasteiger partial charge on any atom is -0.467 e. The highest BCUT2D eigenvalue weighted by molar-refractivity contribution is 5.85. The van der Waals surface area contributed by atoms with Crippen molar-refractivity contribution in [2.24, 2.45) is 20.0 Å². The van der Waals surface area contributed by atoms with Gasteiger partial charge in [0.1, 0.15) is 12.6 Å². The predicted octanol–water partition coefficient (Wildman–Crippen LogP) is -0.862. The molecule has 0 fully saturated rings. The molecular formula is C16H23N5O5. The van der Waals surface area contributed by atoms with Crippen molar-refractivity contribution in [2.45, 2.75) is 32.9 Å². The van der Waals surface area contributed by atoms with E-state index in [9.17, 15) is 19.2 Å². The van der Waals surface area contributed by atoms with E-state index in [0.717, 1.165) is 4.57 Å². The molecule has 0 spiro atoms. The largest absolute Gasteiger partial charge is 0.467 e. The number of amides is 1. The molecule has 0 saturated heterocycles. The molecule has 2 aromatic heterocycles. The lowest BCUT2D eigenvalue weighted by molar-refractivity contribution is -0.146. The van der Waals surface area contributed by atoms with Gasteiger partial charge in [0.25, 0.3) is 5.56 Å². The first-order chi connectivity index (χ1) is 12.2. The van der Waals surface area contributed by atoms with Crippen LogP contribution in [-0.2, 0) is 35.0 Å². The molecule has 0 bridgehead atoms. The summed E-state index contributed by atoms with van der Waals surface area (Å²) in [5.41, 5.74) is -0.708. The second-order valence-corrected chi connectivity index (χ2v) is 6.20. The van der Waals surface area contributed by atoms with Gasteiger partial charge in [0.15, 0.2) is 11.2 Å². The monoisotopic (exact) mass is 365 g/mol. The number of hydrogen-bond donors (Lipinski definition) is 1. The van der Waals surface area contributed by atoms with E-state index >= 15 is 0 Å². The first-order valence-corrected chi connectivity index (χ1v) is 8.20. The molecule has 0 aromatic carbocycles. The van der Waals surface area contributed by atoms with Crippen molar-refractivity contribution >= 4 is 23.0 Å². The summed E-state index contributed by atoms with van der Waals surface area (Å²) in [6.07, 6.45) is 2.00. The Morgan fingerprint density at radius 3 is 2.50 bits per heavy atom. The zero-order chi connectivity index (χ0) is 19.6. The van der Waals surface area contributed by atoms with Crippen LogP contribution in [0.2, 0.25) is 0 Å². The number of carbonyl (C=O) groups excluding carboxylic acids is 2. The number of imidazole rings is 1. The molecule has 2 unspecified atom stereocenters. The van der Waals surface area contributed by atoms with Crippen molar-refractivity contribution in [3.63, 3.8) is 0 Å². The number of ether oxygens (including phenoxy) is 1. The quantitative estimate of drug-likeness (QED) is 0.666. The van der Waals surface area contributed by atoms with Gasteiger partial charge in [-0.15, -0.1) is 0 Å². The zero-order valence-corrected chi connectivity index (χ0v) is 15.5. The van der Waals surface area contributed by atoms with Gasteiger partial charge in [0, 0.05) is 14.1 Å². The average molecular weight is 365 g/mol. The standard InChI is InChI=1S/C16H23N5O5/c1-6-9(2)11(15(24)26-5)18-10(22)7-21-8-17-13-12(21)14(23)20(4)16(25)19(13)3/h8-9,11H,6-7H2,1-5H3,(H,18,22). The summed E-state index contributed by atoms with van der Waals surface area (Å²) in [5.74, 6) is -1.10. The van der Waals surface area contributed by atoms with E-state index in [0.29, 0.717) is 6.42 Å². The third-order valence-electron chi connectivity index (χ3n) is 4.52. The summed E-state index contributed by atoms with van der Waals surface area (Å²) in [6, 6.07) is -0.778. The lowest BCUT2D eigenvalue weighted by atomic mass is 9.99. The Balaban J connectivity index is 2.34. The molecule has 2 heterocycles. The number of rotatable bonds is 6. The third-order valence-corrected chi connectivity index (χ3v) is 4.52. The minimum atomic E-state index is -0.778. The number of nitrogens with one attached hydrogen (secondary N) is 1. The predicted molar refractivity (Wildman–Crippen MR) is 93.6 cm³/mol. The molecule has 142 valence electrons. The summed E-state index contributed by atoms with van der Waals surface area (Å²) < 4.78 is 8.29. The number of carbonyl (C=O) groups is 2. The molecule has 10 nitrogen and oxygen atoms in total. The van der Waals surface area contributed by atoms with Crippen LogP contribution in [0.15, 0.2) is 15.9 Å². The highest BCUT2D eigenvalue weighted by Crippen LogP contribution is 2.10. The van der Waals surface area contributed by atoms with E-state index in [1.165, 1.54) is 36.7 Å². The molecule has 1 N–H and O–H groups in total. The molecule has 26 heavy (non-hydrogen) atoms. The van der Waals surface area contributed by atoms with Crippen LogP contribution in [0.4, 0.5) is 0 Å². The van der Waals surface area contributed by atoms with Crippen LogP contribution in [0.3, 0.4) is 0 Å². The zero-order valence-electron chi connectivity index (χ0n) is 15.5. The normalized spacial score (nSPS) is 13.4. The van der Waals surface area contributed by atoms with Gasteiger partial charge in [0.2, 0.25) is 5.91 Å². The first-order valence-electron chi connectivity index (χ1n) is 8.20. The van der Waals surface area contributed by atoms with Crippen molar-refractivity contribution < 1.29 is 14.3 Å². The number of nitrogens with zero attached hydrogens (tertiary/aromatic N) is 4. The smallest absolute Gasteiger partial charge is 0.332 e. The summed E-state index contributed by atoms with van der Waals surface area (Å²) in [4.78, 5) is 52.7. The van der Waals surface area contributed by atoms with Crippen molar-refractivity contribution in [1.82, 2.24) is 24.0 Å². The second kappa shape index (κ2) is 7.54. The molecular weight excluding hydrogens is 342 g/mol. The Kier molecular flexibility index (Phi) is 5.63. The average Bonchev–Trinajstić information content (AvgIpc) is 3.04. The van der Waals surface area contributed by atoms with E-state index in [1.54, 1.807) is 0 Å². The number of esters is 1.